The molecule has 0 spiro atoms. The smallest absolute Gasteiger partial charge is 0.260 e. The molecule has 0 aliphatic carbocycles. The van der Waals surface area contributed by atoms with Crippen LogP contribution in [0.25, 0.3) is 6.08 Å². The van der Waals surface area contributed by atoms with Crippen molar-refractivity contribution in [2.24, 2.45) is 0 Å². The van der Waals surface area contributed by atoms with Crippen molar-refractivity contribution in [3.63, 3.8) is 0 Å². The summed E-state index contributed by atoms with van der Waals surface area (Å²) in [5.74, 6) is 1.47. The molecule has 0 aliphatic rings. The van der Waals surface area contributed by atoms with Gasteiger partial charge in [-0.25, -0.2) is 0 Å². The predicted octanol–water partition coefficient (Wildman–Crippen LogP) is 4.82. The molecule has 0 bridgehead atoms. The number of hydrogen-bond acceptors (Lipinski definition) is 3. The first-order valence-corrected chi connectivity index (χ1v) is 9.61. The lowest BCUT2D eigenvalue weighted by molar-refractivity contribution is 0.132. The highest BCUT2D eigenvalue weighted by Gasteiger charge is 2.46. The Morgan fingerprint density at radius 2 is 1.68 bits per heavy atom. The molecule has 22 heavy (non-hydrogen) atoms. The van der Waals surface area contributed by atoms with Gasteiger partial charge in [0.25, 0.3) is 7.37 Å². The fourth-order valence-electron chi connectivity index (χ4n) is 2.13. The van der Waals surface area contributed by atoms with Crippen LogP contribution < -0.4 is 0 Å². The van der Waals surface area contributed by atoms with E-state index in [4.69, 9.17) is 4.52 Å². The molecule has 2 aromatic rings. The second-order valence-electron chi connectivity index (χ2n) is 4.82. The molecule has 2 aromatic carbocycles. The van der Waals surface area contributed by atoms with Crippen LogP contribution in [-0.4, -0.2) is 17.5 Å². The van der Waals surface area contributed by atoms with Crippen molar-refractivity contribution in [1.29, 1.82) is 0 Å². The van der Waals surface area contributed by atoms with Gasteiger partial charge in [0.15, 0.2) is 5.34 Å². The molecular formula is C17H18BrO3P. The highest BCUT2D eigenvalue weighted by Crippen LogP contribution is 2.64. The zero-order valence-electron chi connectivity index (χ0n) is 12.2. The van der Waals surface area contributed by atoms with Crippen molar-refractivity contribution in [3.8, 4) is 0 Å². The van der Waals surface area contributed by atoms with Crippen LogP contribution in [0.5, 0.6) is 0 Å². The van der Waals surface area contributed by atoms with Crippen LogP contribution >= 0.6 is 23.3 Å². The van der Waals surface area contributed by atoms with Gasteiger partial charge in [-0.05, 0) is 17.2 Å². The summed E-state index contributed by atoms with van der Waals surface area (Å²) in [5.41, 5.74) is 1.44. The molecule has 0 aliphatic heterocycles. The van der Waals surface area contributed by atoms with Crippen molar-refractivity contribution in [2.45, 2.75) is 5.34 Å². The quantitative estimate of drug-likeness (QED) is 0.577. The lowest BCUT2D eigenvalue weighted by Crippen LogP contribution is -2.27. The molecule has 0 fully saturated rings. The monoisotopic (exact) mass is 380 g/mol. The van der Waals surface area contributed by atoms with Gasteiger partial charge in [-0.15, -0.1) is 0 Å². The molecule has 5 heteroatoms. The Bertz CT molecular complexity index is 673. The third-order valence-corrected chi connectivity index (χ3v) is 7.25. The van der Waals surface area contributed by atoms with Crippen molar-refractivity contribution in [3.05, 3.63) is 77.6 Å². The zero-order valence-corrected chi connectivity index (χ0v) is 14.7. The summed E-state index contributed by atoms with van der Waals surface area (Å²) in [6.45, 7) is 0. The van der Waals surface area contributed by atoms with E-state index < -0.39 is 12.7 Å². The first-order valence-electron chi connectivity index (χ1n) is 6.79. The lowest BCUT2D eigenvalue weighted by Gasteiger charge is -2.32. The highest BCUT2D eigenvalue weighted by molar-refractivity contribution is 9.09. The number of hydrogen-bond donors (Lipinski definition) is 1. The Labute approximate surface area is 139 Å². The molecule has 0 aromatic heterocycles. The Kier molecular flexibility index (Phi) is 5.76. The molecule has 0 unspecified atom stereocenters. The first kappa shape index (κ1) is 17.2. The number of halogens is 1. The van der Waals surface area contributed by atoms with Gasteiger partial charge in [0.1, 0.15) is 0 Å². The second kappa shape index (κ2) is 7.38. The molecular weight excluding hydrogens is 363 g/mol. The molecule has 2 rings (SSSR count). The Morgan fingerprint density at radius 3 is 2.18 bits per heavy atom. The minimum atomic E-state index is -3.48. The maximum Gasteiger partial charge on any atom is 0.260 e. The van der Waals surface area contributed by atoms with E-state index in [9.17, 15) is 9.67 Å². The van der Waals surface area contributed by atoms with Crippen LogP contribution in [0.1, 0.15) is 11.1 Å². The lowest BCUT2D eigenvalue weighted by atomic mass is 10.1. The van der Waals surface area contributed by atoms with E-state index in [1.54, 1.807) is 30.3 Å². The van der Waals surface area contributed by atoms with Crippen molar-refractivity contribution in [1.82, 2.24) is 0 Å². The largest absolute Gasteiger partial charge is 0.374 e. The molecule has 2 atom stereocenters. The molecule has 0 heterocycles. The van der Waals surface area contributed by atoms with E-state index in [1.165, 1.54) is 12.9 Å². The predicted molar refractivity (Wildman–Crippen MR) is 94.2 cm³/mol. The molecule has 0 amide bonds. The molecule has 0 saturated heterocycles. The zero-order chi connectivity index (χ0) is 16.1. The number of rotatable bonds is 6. The number of aliphatic hydroxyl groups is 1. The van der Waals surface area contributed by atoms with Crippen LogP contribution in [0.3, 0.4) is 0 Å². The van der Waals surface area contributed by atoms with Crippen molar-refractivity contribution in [2.75, 3.05) is 12.4 Å². The van der Waals surface area contributed by atoms with Gasteiger partial charge in [-0.2, -0.15) is 0 Å². The van der Waals surface area contributed by atoms with E-state index in [0.29, 0.717) is 5.56 Å². The maximum absolute atomic E-state index is 13.2. The van der Waals surface area contributed by atoms with E-state index >= 15 is 0 Å². The summed E-state index contributed by atoms with van der Waals surface area (Å²) in [5, 5.41) is 9.49. The number of benzene rings is 2. The Balaban J connectivity index is 2.43. The van der Waals surface area contributed by atoms with Gasteiger partial charge in [0.2, 0.25) is 0 Å². The van der Waals surface area contributed by atoms with Crippen LogP contribution in [0, 0.1) is 0 Å². The van der Waals surface area contributed by atoms with Crippen molar-refractivity contribution < 1.29 is 14.2 Å². The topological polar surface area (TPSA) is 46.5 Å². The van der Waals surface area contributed by atoms with Gasteiger partial charge in [-0.1, -0.05) is 76.6 Å². The van der Waals surface area contributed by atoms with Crippen molar-refractivity contribution >= 4 is 29.4 Å². The summed E-state index contributed by atoms with van der Waals surface area (Å²) < 4.78 is 18.5. The summed E-state index contributed by atoms with van der Waals surface area (Å²) in [6.07, 6.45) is 1.71. The van der Waals surface area contributed by atoms with E-state index in [-0.39, 0.29) is 5.33 Å². The van der Waals surface area contributed by atoms with Gasteiger partial charge < -0.3 is 9.63 Å². The summed E-state index contributed by atoms with van der Waals surface area (Å²) in [6, 6.07) is 18.4. The molecule has 3 nitrogen and oxygen atoms in total. The fraction of sp³-hybridized carbons (Fsp3) is 0.176. The first-order chi connectivity index (χ1) is 10.6. The normalized spacial score (nSPS) is 17.0. The van der Waals surface area contributed by atoms with Gasteiger partial charge in [0, 0.05) is 18.3 Å². The SMILES string of the molecule is CO[P@@](=O)(/C=C/c1ccccc1)[C@](O)(CBr)c1ccccc1. The third kappa shape index (κ3) is 3.41. The van der Waals surface area contributed by atoms with Crippen LogP contribution in [-0.2, 0) is 14.4 Å². The van der Waals surface area contributed by atoms with E-state index in [1.807, 2.05) is 36.4 Å². The van der Waals surface area contributed by atoms with E-state index in [2.05, 4.69) is 15.9 Å². The van der Waals surface area contributed by atoms with Gasteiger partial charge >= 0.3 is 0 Å². The molecule has 0 saturated carbocycles. The Hall–Kier alpha value is -1.19. The van der Waals surface area contributed by atoms with E-state index in [0.717, 1.165) is 5.56 Å². The average Bonchev–Trinajstić information content (AvgIpc) is 2.60. The maximum atomic E-state index is 13.2. The molecule has 116 valence electrons. The van der Waals surface area contributed by atoms with Gasteiger partial charge in [-0.3, -0.25) is 4.57 Å². The van der Waals surface area contributed by atoms with Crippen LogP contribution in [0.15, 0.2) is 66.5 Å². The number of alkyl halides is 1. The minimum absolute atomic E-state index is 0.105. The minimum Gasteiger partial charge on any atom is -0.374 e. The molecule has 1 N–H and O–H groups in total. The van der Waals surface area contributed by atoms with Crippen LogP contribution in [0.4, 0.5) is 0 Å². The Morgan fingerprint density at radius 1 is 1.14 bits per heavy atom. The highest BCUT2D eigenvalue weighted by atomic mass is 79.9. The van der Waals surface area contributed by atoms with Crippen LogP contribution in [0.2, 0.25) is 0 Å². The second-order valence-corrected chi connectivity index (χ2v) is 7.98. The summed E-state index contributed by atoms with van der Waals surface area (Å²) in [4.78, 5) is 0. The fourth-order valence-corrected chi connectivity index (χ4v) is 5.22. The standard InChI is InChI=1S/C17H18BrO3P/c1-21-22(20,13-12-15-8-4-2-5-9-15)17(19,14-18)16-10-6-3-7-11-16/h2-13,19H,14H2,1H3/b13-12+/t17-,22+/m1/s1. The summed E-state index contributed by atoms with van der Waals surface area (Å²) in [7, 11) is -2.13. The average molecular weight is 381 g/mol. The summed E-state index contributed by atoms with van der Waals surface area (Å²) >= 11 is 3.28. The molecule has 0 radical (unpaired) electrons. The third-order valence-electron chi connectivity index (χ3n) is 3.47. The van der Waals surface area contributed by atoms with Gasteiger partial charge in [0.05, 0.1) is 0 Å².